The standard InChI is InChI=1S/C26H32F3N5O/c1-6-14-30-15-13-19(4)31-25(35)34-17-10-16-33(5)23(8-3)24(34)32-22(7-2)20-11-9-12-21(18-20)26(27,28)29/h6-7,9,11-15,18H,2,8,10,16-17H2,1,3-5H3,(H,31,35)/b14-6-,19-13+,30-15+,32-22?. The van der Waals surface area contributed by atoms with Crippen LogP contribution in [0.4, 0.5) is 18.0 Å². The number of nitrogens with one attached hydrogen (secondary N) is 1. The molecule has 1 aliphatic heterocycles. The molecule has 1 aromatic rings. The number of alkyl halides is 3. The number of amides is 2. The lowest BCUT2D eigenvalue weighted by molar-refractivity contribution is -0.137. The molecule has 1 heterocycles. The van der Waals surface area contributed by atoms with Crippen molar-refractivity contribution in [3.05, 3.63) is 83.6 Å². The van der Waals surface area contributed by atoms with E-state index >= 15 is 0 Å². The fraction of sp³-hybridized carbons (Fsp3) is 0.346. The van der Waals surface area contributed by atoms with Gasteiger partial charge in [-0.25, -0.2) is 9.79 Å². The normalized spacial score (nSPS) is 16.3. The Morgan fingerprint density at radius 2 is 2.03 bits per heavy atom. The highest BCUT2D eigenvalue weighted by Crippen LogP contribution is 2.30. The van der Waals surface area contributed by atoms with Crippen molar-refractivity contribution in [3.8, 4) is 0 Å². The molecule has 188 valence electrons. The topological polar surface area (TPSA) is 60.3 Å². The lowest BCUT2D eigenvalue weighted by atomic mass is 10.1. The van der Waals surface area contributed by atoms with Gasteiger partial charge in [0.15, 0.2) is 5.82 Å². The van der Waals surface area contributed by atoms with E-state index in [9.17, 15) is 18.0 Å². The van der Waals surface area contributed by atoms with Gasteiger partial charge in [0.1, 0.15) is 0 Å². The Morgan fingerprint density at radius 1 is 1.29 bits per heavy atom. The molecule has 35 heavy (non-hydrogen) atoms. The SMILES string of the molecule is C=CC(=NC1=C(CC)N(C)CCCN1C(=O)N/C(C)=C/C=N/C=C\C)c1cccc(C(F)(F)F)c1. The molecular weight excluding hydrogens is 455 g/mol. The van der Waals surface area contributed by atoms with Crippen LogP contribution in [0, 0.1) is 0 Å². The van der Waals surface area contributed by atoms with Gasteiger partial charge >= 0.3 is 12.2 Å². The van der Waals surface area contributed by atoms with Crippen LogP contribution in [0.15, 0.2) is 82.5 Å². The van der Waals surface area contributed by atoms with Crippen LogP contribution in [0.5, 0.6) is 0 Å². The van der Waals surface area contributed by atoms with E-state index in [4.69, 9.17) is 0 Å². The molecule has 2 rings (SSSR count). The molecule has 0 fully saturated rings. The number of carbonyl (C=O) groups excluding carboxylic acids is 1. The van der Waals surface area contributed by atoms with Gasteiger partial charge in [0.05, 0.1) is 17.0 Å². The predicted octanol–water partition coefficient (Wildman–Crippen LogP) is 6.11. The summed E-state index contributed by atoms with van der Waals surface area (Å²) in [4.78, 5) is 25.5. The molecular formula is C26H32F3N5O. The third kappa shape index (κ3) is 7.70. The third-order valence-corrected chi connectivity index (χ3v) is 5.29. The Hall–Kier alpha value is -3.62. The van der Waals surface area contributed by atoms with Gasteiger partial charge in [0.25, 0.3) is 0 Å². The van der Waals surface area contributed by atoms with Gasteiger partial charge in [-0.2, -0.15) is 13.2 Å². The van der Waals surface area contributed by atoms with Gasteiger partial charge in [-0.1, -0.05) is 31.7 Å². The molecule has 0 aromatic heterocycles. The van der Waals surface area contributed by atoms with Crippen LogP contribution in [0.2, 0.25) is 0 Å². The smallest absolute Gasteiger partial charge is 0.375 e. The van der Waals surface area contributed by atoms with Crippen molar-refractivity contribution in [2.75, 3.05) is 20.1 Å². The number of urea groups is 1. The Kier molecular flexibility index (Phi) is 10.1. The fourth-order valence-corrected chi connectivity index (χ4v) is 3.55. The number of carbonyl (C=O) groups is 1. The molecule has 2 amide bonds. The lowest BCUT2D eigenvalue weighted by Crippen LogP contribution is -2.39. The number of rotatable bonds is 7. The summed E-state index contributed by atoms with van der Waals surface area (Å²) in [6.07, 6.45) is 4.86. The fourth-order valence-electron chi connectivity index (χ4n) is 3.55. The lowest BCUT2D eigenvalue weighted by Gasteiger charge is -2.25. The highest BCUT2D eigenvalue weighted by Gasteiger charge is 2.31. The minimum Gasteiger partial charge on any atom is -0.375 e. The maximum Gasteiger partial charge on any atom is 0.416 e. The van der Waals surface area contributed by atoms with Crippen molar-refractivity contribution in [3.63, 3.8) is 0 Å². The van der Waals surface area contributed by atoms with E-state index in [1.54, 1.807) is 37.6 Å². The molecule has 0 spiro atoms. The van der Waals surface area contributed by atoms with Crippen LogP contribution >= 0.6 is 0 Å². The third-order valence-electron chi connectivity index (χ3n) is 5.29. The summed E-state index contributed by atoms with van der Waals surface area (Å²) in [5.41, 5.74) is 1.13. The molecule has 0 atom stereocenters. The zero-order valence-corrected chi connectivity index (χ0v) is 20.6. The van der Waals surface area contributed by atoms with Crippen molar-refractivity contribution >= 4 is 18.0 Å². The molecule has 0 saturated carbocycles. The average Bonchev–Trinajstić information content (AvgIpc) is 2.97. The van der Waals surface area contributed by atoms with Crippen molar-refractivity contribution in [2.24, 2.45) is 9.98 Å². The Bertz CT molecular complexity index is 1070. The van der Waals surface area contributed by atoms with E-state index < -0.39 is 11.7 Å². The molecule has 1 aliphatic rings. The van der Waals surface area contributed by atoms with Crippen molar-refractivity contribution in [2.45, 2.75) is 39.8 Å². The van der Waals surface area contributed by atoms with Gasteiger partial charge in [-0.15, -0.1) is 0 Å². The minimum atomic E-state index is -4.48. The summed E-state index contributed by atoms with van der Waals surface area (Å²) in [6, 6.07) is 4.54. The largest absolute Gasteiger partial charge is 0.416 e. The monoisotopic (exact) mass is 487 g/mol. The van der Waals surface area contributed by atoms with Crippen LogP contribution in [-0.2, 0) is 6.18 Å². The zero-order valence-electron chi connectivity index (χ0n) is 20.6. The first-order valence-corrected chi connectivity index (χ1v) is 11.3. The van der Waals surface area contributed by atoms with Gasteiger partial charge in [-0.05, 0) is 51.0 Å². The summed E-state index contributed by atoms with van der Waals surface area (Å²) in [7, 11) is 1.91. The van der Waals surface area contributed by atoms with Gasteiger partial charge in [0, 0.05) is 43.8 Å². The summed E-state index contributed by atoms with van der Waals surface area (Å²) < 4.78 is 39.8. The molecule has 6 nitrogen and oxygen atoms in total. The number of allylic oxidation sites excluding steroid dienone is 5. The van der Waals surface area contributed by atoms with Crippen LogP contribution in [0.3, 0.4) is 0 Å². The van der Waals surface area contributed by atoms with E-state index in [0.29, 0.717) is 37.4 Å². The Balaban J connectivity index is 2.52. The van der Waals surface area contributed by atoms with Crippen molar-refractivity contribution < 1.29 is 18.0 Å². The number of hydrogen-bond acceptors (Lipinski definition) is 4. The van der Waals surface area contributed by atoms with Gasteiger partial charge < -0.3 is 10.2 Å². The molecule has 0 bridgehead atoms. The first-order chi connectivity index (χ1) is 16.6. The van der Waals surface area contributed by atoms with Gasteiger partial charge in [-0.3, -0.25) is 9.89 Å². The molecule has 1 aromatic carbocycles. The predicted molar refractivity (Wildman–Crippen MR) is 135 cm³/mol. The molecule has 1 N–H and O–H groups in total. The van der Waals surface area contributed by atoms with E-state index in [1.807, 2.05) is 25.8 Å². The molecule has 0 unspecified atom stereocenters. The first kappa shape index (κ1) is 27.6. The van der Waals surface area contributed by atoms with E-state index in [1.165, 1.54) is 17.0 Å². The Labute approximate surface area is 204 Å². The summed E-state index contributed by atoms with van der Waals surface area (Å²) in [5.74, 6) is 0.382. The number of hydrogen-bond donors (Lipinski definition) is 1. The van der Waals surface area contributed by atoms with Crippen LogP contribution in [-0.4, -0.2) is 47.9 Å². The maximum absolute atomic E-state index is 13.3. The number of benzene rings is 1. The highest BCUT2D eigenvalue weighted by atomic mass is 19.4. The summed E-state index contributed by atoms with van der Waals surface area (Å²) in [5, 5.41) is 2.84. The summed E-state index contributed by atoms with van der Waals surface area (Å²) in [6.45, 7) is 10.4. The Morgan fingerprint density at radius 3 is 2.66 bits per heavy atom. The molecule has 0 saturated heterocycles. The highest BCUT2D eigenvalue weighted by molar-refractivity contribution is 6.09. The van der Waals surface area contributed by atoms with Crippen molar-refractivity contribution in [1.29, 1.82) is 0 Å². The number of aliphatic imine (C=N–C) groups is 2. The second-order valence-electron chi connectivity index (χ2n) is 7.89. The first-order valence-electron chi connectivity index (χ1n) is 11.3. The quantitative estimate of drug-likeness (QED) is 0.472. The average molecular weight is 488 g/mol. The molecule has 0 radical (unpaired) electrons. The van der Waals surface area contributed by atoms with E-state index in [-0.39, 0.29) is 17.3 Å². The second kappa shape index (κ2) is 12.7. The number of nitrogens with zero attached hydrogens (tertiary/aromatic N) is 4. The zero-order chi connectivity index (χ0) is 26.0. The van der Waals surface area contributed by atoms with Crippen molar-refractivity contribution in [1.82, 2.24) is 15.1 Å². The minimum absolute atomic E-state index is 0.246. The van der Waals surface area contributed by atoms with Crippen LogP contribution < -0.4 is 5.32 Å². The van der Waals surface area contributed by atoms with E-state index in [2.05, 4.69) is 21.9 Å². The van der Waals surface area contributed by atoms with Crippen LogP contribution in [0.25, 0.3) is 0 Å². The van der Waals surface area contributed by atoms with Gasteiger partial charge in [0.2, 0.25) is 0 Å². The molecule has 9 heteroatoms. The second-order valence-corrected chi connectivity index (χ2v) is 7.89. The number of halogens is 3. The van der Waals surface area contributed by atoms with E-state index in [0.717, 1.165) is 17.8 Å². The maximum atomic E-state index is 13.3. The molecule has 0 aliphatic carbocycles. The van der Waals surface area contributed by atoms with Crippen LogP contribution in [0.1, 0.15) is 44.7 Å². The summed E-state index contributed by atoms with van der Waals surface area (Å²) >= 11 is 0.